The van der Waals surface area contributed by atoms with Gasteiger partial charge in [0.05, 0.1) is 12.2 Å². The molecule has 1 N–H and O–H groups in total. The lowest BCUT2D eigenvalue weighted by molar-refractivity contribution is 0.202. The minimum absolute atomic E-state index is 0.0101. The Morgan fingerprint density at radius 2 is 2.35 bits per heavy atom. The molecule has 2 amide bonds. The minimum atomic E-state index is -0.0101. The number of urea groups is 1. The minimum Gasteiger partial charge on any atom is -0.331 e. The maximum Gasteiger partial charge on any atom is 0.317 e. The first-order valence-electron chi connectivity index (χ1n) is 7.14. The van der Waals surface area contributed by atoms with Crippen molar-refractivity contribution in [2.75, 3.05) is 33.7 Å². The Hall–Kier alpha value is -1.56. The van der Waals surface area contributed by atoms with Crippen molar-refractivity contribution >= 4 is 6.03 Å². The Morgan fingerprint density at radius 3 is 2.95 bits per heavy atom. The molecule has 1 aromatic rings. The molecule has 2 rings (SSSR count). The number of nitrogens with one attached hydrogen (secondary N) is 1. The van der Waals surface area contributed by atoms with Gasteiger partial charge in [0.15, 0.2) is 0 Å². The molecule has 0 saturated carbocycles. The number of rotatable bonds is 4. The predicted molar refractivity (Wildman–Crippen MR) is 78.4 cm³/mol. The molecule has 20 heavy (non-hydrogen) atoms. The summed E-state index contributed by atoms with van der Waals surface area (Å²) in [6.45, 7) is 4.73. The highest BCUT2D eigenvalue weighted by Crippen LogP contribution is 2.18. The number of aryl methyl sites for hydroxylation is 1. The van der Waals surface area contributed by atoms with E-state index < -0.39 is 0 Å². The van der Waals surface area contributed by atoms with Gasteiger partial charge in [-0.1, -0.05) is 0 Å². The maximum absolute atomic E-state index is 12.2. The first-order valence-corrected chi connectivity index (χ1v) is 7.14. The molecular weight excluding hydrogens is 254 g/mol. The summed E-state index contributed by atoms with van der Waals surface area (Å²) >= 11 is 0. The Bertz CT molecular complexity index is 456. The molecule has 6 heteroatoms. The summed E-state index contributed by atoms with van der Waals surface area (Å²) in [6, 6.07) is 0.0201. The van der Waals surface area contributed by atoms with E-state index in [0.717, 1.165) is 31.6 Å². The fraction of sp³-hybridized carbons (Fsp3) is 0.714. The smallest absolute Gasteiger partial charge is 0.317 e. The number of carbonyl (C=O) groups is 1. The molecule has 0 radical (unpaired) electrons. The zero-order valence-electron chi connectivity index (χ0n) is 12.8. The van der Waals surface area contributed by atoms with Gasteiger partial charge in [0.2, 0.25) is 0 Å². The average Bonchev–Trinajstić information content (AvgIpc) is 2.97. The fourth-order valence-electron chi connectivity index (χ4n) is 2.71. The van der Waals surface area contributed by atoms with E-state index in [0.29, 0.717) is 5.92 Å². The van der Waals surface area contributed by atoms with Gasteiger partial charge in [-0.15, -0.1) is 0 Å². The molecule has 0 aromatic carbocycles. The van der Waals surface area contributed by atoms with Crippen LogP contribution in [0.4, 0.5) is 4.79 Å². The van der Waals surface area contributed by atoms with Crippen molar-refractivity contribution in [1.82, 2.24) is 24.9 Å². The van der Waals surface area contributed by atoms with Crippen LogP contribution in [0.15, 0.2) is 12.4 Å². The number of likely N-dealkylation sites (tertiary alicyclic amines) is 1. The summed E-state index contributed by atoms with van der Waals surface area (Å²) in [6.07, 6.45) is 4.82. The maximum atomic E-state index is 12.2. The zero-order valence-corrected chi connectivity index (χ0v) is 12.8. The summed E-state index contributed by atoms with van der Waals surface area (Å²) in [5, 5.41) is 7.18. The summed E-state index contributed by atoms with van der Waals surface area (Å²) in [5.41, 5.74) is 1.03. The molecule has 1 aliphatic heterocycles. The largest absolute Gasteiger partial charge is 0.331 e. The Kier molecular flexibility index (Phi) is 4.65. The molecule has 2 heterocycles. The molecule has 1 aromatic heterocycles. The first kappa shape index (κ1) is 14.8. The molecule has 1 saturated heterocycles. The predicted octanol–water partition coefficient (Wildman–Crippen LogP) is 1.07. The van der Waals surface area contributed by atoms with Crippen LogP contribution in [0.5, 0.6) is 0 Å². The van der Waals surface area contributed by atoms with Gasteiger partial charge in [0, 0.05) is 38.4 Å². The quantitative estimate of drug-likeness (QED) is 0.897. The molecule has 2 atom stereocenters. The average molecular weight is 279 g/mol. The van der Waals surface area contributed by atoms with Crippen molar-refractivity contribution in [2.24, 2.45) is 13.0 Å². The van der Waals surface area contributed by atoms with Crippen LogP contribution < -0.4 is 5.32 Å². The van der Waals surface area contributed by atoms with E-state index in [4.69, 9.17) is 0 Å². The lowest BCUT2D eigenvalue weighted by Gasteiger charge is -2.21. The highest BCUT2D eigenvalue weighted by Gasteiger charge is 2.27. The van der Waals surface area contributed by atoms with Gasteiger partial charge < -0.3 is 15.1 Å². The fourth-order valence-corrected chi connectivity index (χ4v) is 2.71. The second-order valence-electron chi connectivity index (χ2n) is 5.98. The standard InChI is InChI=1S/C14H25N5O/c1-11(13-7-15-18(4)10-13)16-14(20)19-6-5-12(9-19)8-17(2)3/h7,10-12H,5-6,8-9H2,1-4H3,(H,16,20)/t11-,12-/m0/s1. The van der Waals surface area contributed by atoms with Crippen molar-refractivity contribution in [1.29, 1.82) is 0 Å². The Balaban J connectivity index is 1.83. The molecule has 0 unspecified atom stereocenters. The third-order valence-corrected chi connectivity index (χ3v) is 3.76. The molecule has 6 nitrogen and oxygen atoms in total. The van der Waals surface area contributed by atoms with Crippen LogP contribution in [0.2, 0.25) is 0 Å². The molecule has 0 aliphatic carbocycles. The molecule has 1 aliphatic rings. The monoisotopic (exact) mass is 279 g/mol. The van der Waals surface area contributed by atoms with E-state index in [1.807, 2.05) is 25.1 Å². The van der Waals surface area contributed by atoms with Crippen LogP contribution in [0, 0.1) is 5.92 Å². The number of carbonyl (C=O) groups excluding carboxylic acids is 1. The van der Waals surface area contributed by atoms with E-state index >= 15 is 0 Å². The van der Waals surface area contributed by atoms with Gasteiger partial charge in [-0.25, -0.2) is 4.79 Å². The third-order valence-electron chi connectivity index (χ3n) is 3.76. The van der Waals surface area contributed by atoms with Crippen LogP contribution in [0.25, 0.3) is 0 Å². The van der Waals surface area contributed by atoms with E-state index in [1.165, 1.54) is 0 Å². The highest BCUT2D eigenvalue weighted by atomic mass is 16.2. The summed E-state index contributed by atoms with van der Waals surface area (Å²) in [7, 11) is 6.03. The SMILES string of the molecule is C[C@H](NC(=O)N1CC[C@@H](CN(C)C)C1)c1cnn(C)c1. The third kappa shape index (κ3) is 3.72. The van der Waals surface area contributed by atoms with Crippen molar-refractivity contribution in [3.8, 4) is 0 Å². The molecule has 0 spiro atoms. The lowest BCUT2D eigenvalue weighted by Crippen LogP contribution is -2.40. The van der Waals surface area contributed by atoms with Crippen LogP contribution in [0.3, 0.4) is 0 Å². The summed E-state index contributed by atoms with van der Waals surface area (Å²) in [4.78, 5) is 16.3. The van der Waals surface area contributed by atoms with E-state index in [-0.39, 0.29) is 12.1 Å². The second kappa shape index (κ2) is 6.26. The lowest BCUT2D eigenvalue weighted by atomic mass is 10.1. The molecule has 0 bridgehead atoms. The van der Waals surface area contributed by atoms with Crippen LogP contribution in [-0.4, -0.2) is 59.3 Å². The van der Waals surface area contributed by atoms with Gasteiger partial charge in [0.1, 0.15) is 0 Å². The van der Waals surface area contributed by atoms with Gasteiger partial charge in [-0.3, -0.25) is 4.68 Å². The van der Waals surface area contributed by atoms with Gasteiger partial charge >= 0.3 is 6.03 Å². The van der Waals surface area contributed by atoms with Crippen LogP contribution in [-0.2, 0) is 7.05 Å². The topological polar surface area (TPSA) is 53.4 Å². The van der Waals surface area contributed by atoms with Crippen molar-refractivity contribution in [3.63, 3.8) is 0 Å². The zero-order chi connectivity index (χ0) is 14.7. The number of aromatic nitrogens is 2. The van der Waals surface area contributed by atoms with E-state index in [1.54, 1.807) is 10.9 Å². The van der Waals surface area contributed by atoms with Crippen molar-refractivity contribution in [3.05, 3.63) is 18.0 Å². The summed E-state index contributed by atoms with van der Waals surface area (Å²) in [5.74, 6) is 0.587. The van der Waals surface area contributed by atoms with Crippen LogP contribution in [0.1, 0.15) is 24.9 Å². The number of amides is 2. The second-order valence-corrected chi connectivity index (χ2v) is 5.98. The molecule has 112 valence electrons. The van der Waals surface area contributed by atoms with Gasteiger partial charge in [0.25, 0.3) is 0 Å². The van der Waals surface area contributed by atoms with Crippen LogP contribution >= 0.6 is 0 Å². The number of hydrogen-bond donors (Lipinski definition) is 1. The normalized spacial score (nSPS) is 20.4. The van der Waals surface area contributed by atoms with E-state index in [9.17, 15) is 4.79 Å². The number of nitrogens with zero attached hydrogens (tertiary/aromatic N) is 4. The number of hydrogen-bond acceptors (Lipinski definition) is 3. The Labute approximate surface area is 120 Å². The molecule has 1 fully saturated rings. The highest BCUT2D eigenvalue weighted by molar-refractivity contribution is 5.75. The van der Waals surface area contributed by atoms with E-state index in [2.05, 4.69) is 29.4 Å². The van der Waals surface area contributed by atoms with Crippen molar-refractivity contribution < 1.29 is 4.79 Å². The van der Waals surface area contributed by atoms with Gasteiger partial charge in [-0.05, 0) is 33.4 Å². The van der Waals surface area contributed by atoms with Gasteiger partial charge in [-0.2, -0.15) is 5.10 Å². The first-order chi connectivity index (χ1) is 9.45. The van der Waals surface area contributed by atoms with Crippen molar-refractivity contribution in [2.45, 2.75) is 19.4 Å². The molecular formula is C14H25N5O. The summed E-state index contributed by atoms with van der Waals surface area (Å²) < 4.78 is 1.75. The Morgan fingerprint density at radius 1 is 1.60 bits per heavy atom.